The Morgan fingerprint density at radius 3 is 2.17 bits per heavy atom. The molecule has 1 heterocycles. The average molecular weight is 256 g/mol. The molecule has 0 bridgehead atoms. The Labute approximate surface area is 111 Å². The third-order valence-electron chi connectivity index (χ3n) is 3.34. The molecule has 18 heavy (non-hydrogen) atoms. The van der Waals surface area contributed by atoms with Crippen LogP contribution in [-0.4, -0.2) is 53.2 Å². The van der Waals surface area contributed by atoms with E-state index in [0.717, 1.165) is 19.5 Å². The van der Waals surface area contributed by atoms with E-state index in [2.05, 4.69) is 25.7 Å². The van der Waals surface area contributed by atoms with Crippen LogP contribution >= 0.6 is 0 Å². The quantitative estimate of drug-likeness (QED) is 0.723. The maximum atomic E-state index is 12.0. The Balaban J connectivity index is 2.55. The van der Waals surface area contributed by atoms with Crippen LogP contribution in [0, 0.1) is 0 Å². The van der Waals surface area contributed by atoms with Crippen LogP contribution in [0.2, 0.25) is 0 Å². The lowest BCUT2D eigenvalue weighted by Crippen LogP contribution is -2.45. The number of likely N-dealkylation sites (tertiary alicyclic amines) is 1. The maximum absolute atomic E-state index is 12.0. The second-order valence-corrected chi connectivity index (χ2v) is 7.15. The summed E-state index contributed by atoms with van der Waals surface area (Å²) >= 11 is 0. The molecule has 0 saturated carbocycles. The van der Waals surface area contributed by atoms with E-state index in [1.165, 1.54) is 0 Å². The van der Waals surface area contributed by atoms with Crippen molar-refractivity contribution in [2.45, 2.75) is 65.1 Å². The van der Waals surface area contributed by atoms with Gasteiger partial charge in [-0.1, -0.05) is 0 Å². The van der Waals surface area contributed by atoms with Crippen molar-refractivity contribution in [3.05, 3.63) is 0 Å². The van der Waals surface area contributed by atoms with Crippen LogP contribution in [0.15, 0.2) is 0 Å². The molecule has 4 nitrogen and oxygen atoms in total. The van der Waals surface area contributed by atoms with Gasteiger partial charge in [0.2, 0.25) is 0 Å². The summed E-state index contributed by atoms with van der Waals surface area (Å²) in [6.45, 7) is 14.3. The van der Waals surface area contributed by atoms with Gasteiger partial charge in [0.15, 0.2) is 0 Å². The number of rotatable bonds is 1. The van der Waals surface area contributed by atoms with Gasteiger partial charge in [0.25, 0.3) is 0 Å². The lowest BCUT2D eigenvalue weighted by atomic mass is 10.1. The third kappa shape index (κ3) is 4.16. The van der Waals surface area contributed by atoms with Gasteiger partial charge in [0, 0.05) is 31.7 Å². The summed E-state index contributed by atoms with van der Waals surface area (Å²) in [5.74, 6) is 0. The number of hydrogen-bond acceptors (Lipinski definition) is 3. The van der Waals surface area contributed by atoms with Crippen molar-refractivity contribution in [1.82, 2.24) is 9.80 Å². The molecule has 1 aliphatic heterocycles. The van der Waals surface area contributed by atoms with Gasteiger partial charge in [-0.05, 0) is 48.0 Å². The Morgan fingerprint density at radius 2 is 1.78 bits per heavy atom. The first-order chi connectivity index (χ1) is 8.00. The molecular formula is C14H28N2O2. The molecule has 0 radical (unpaired) electrons. The summed E-state index contributed by atoms with van der Waals surface area (Å²) in [7, 11) is 1.84. The fourth-order valence-electron chi connectivity index (χ4n) is 2.15. The zero-order chi connectivity index (χ0) is 14.1. The fourth-order valence-corrected chi connectivity index (χ4v) is 2.15. The minimum absolute atomic E-state index is 0.170. The number of likely N-dealkylation sites (N-methyl/N-ethyl adjacent to an activating group) is 1. The molecule has 1 saturated heterocycles. The topological polar surface area (TPSA) is 32.8 Å². The molecular weight excluding hydrogens is 228 g/mol. The van der Waals surface area contributed by atoms with Crippen LogP contribution in [0.3, 0.4) is 0 Å². The minimum Gasteiger partial charge on any atom is -0.444 e. The van der Waals surface area contributed by atoms with Crippen LogP contribution in [0.25, 0.3) is 0 Å². The first kappa shape index (κ1) is 15.3. The minimum atomic E-state index is -0.423. The molecule has 1 amide bonds. The number of carbonyl (C=O) groups excluding carboxylic acids is 1. The van der Waals surface area contributed by atoms with E-state index in [1.54, 1.807) is 4.90 Å². The maximum Gasteiger partial charge on any atom is 0.410 e. The molecule has 1 unspecified atom stereocenters. The van der Waals surface area contributed by atoms with Gasteiger partial charge in [-0.25, -0.2) is 4.79 Å². The van der Waals surface area contributed by atoms with E-state index >= 15 is 0 Å². The van der Waals surface area contributed by atoms with Crippen molar-refractivity contribution in [3.63, 3.8) is 0 Å². The Bertz CT molecular complexity index is 302. The molecule has 0 aliphatic carbocycles. The summed E-state index contributed by atoms with van der Waals surface area (Å²) in [6, 6.07) is 0.263. The molecule has 0 N–H and O–H groups in total. The number of carbonyl (C=O) groups is 1. The van der Waals surface area contributed by atoms with E-state index in [0.29, 0.717) is 0 Å². The predicted octanol–water partition coefficient (Wildman–Crippen LogP) is 2.73. The van der Waals surface area contributed by atoms with Crippen LogP contribution in [0.5, 0.6) is 0 Å². The summed E-state index contributed by atoms with van der Waals surface area (Å²) < 4.78 is 5.40. The smallest absolute Gasteiger partial charge is 0.410 e. The van der Waals surface area contributed by atoms with Gasteiger partial charge in [0.1, 0.15) is 5.60 Å². The zero-order valence-electron chi connectivity index (χ0n) is 12.9. The molecule has 0 spiro atoms. The van der Waals surface area contributed by atoms with E-state index in [4.69, 9.17) is 4.74 Å². The van der Waals surface area contributed by atoms with Gasteiger partial charge in [-0.3, -0.25) is 4.90 Å². The van der Waals surface area contributed by atoms with E-state index in [9.17, 15) is 4.79 Å². The van der Waals surface area contributed by atoms with Crippen molar-refractivity contribution < 1.29 is 9.53 Å². The van der Waals surface area contributed by atoms with E-state index in [-0.39, 0.29) is 17.7 Å². The van der Waals surface area contributed by atoms with Crippen LogP contribution in [0.4, 0.5) is 4.79 Å². The van der Waals surface area contributed by atoms with E-state index < -0.39 is 5.60 Å². The lowest BCUT2D eigenvalue weighted by molar-refractivity contribution is 0.0219. The number of nitrogens with zero attached hydrogens (tertiary/aromatic N) is 2. The highest BCUT2D eigenvalue weighted by Crippen LogP contribution is 2.23. The van der Waals surface area contributed by atoms with Crippen LogP contribution < -0.4 is 0 Å². The second kappa shape index (κ2) is 5.08. The number of amides is 1. The van der Waals surface area contributed by atoms with Crippen molar-refractivity contribution >= 4 is 6.09 Å². The Hall–Kier alpha value is -0.770. The van der Waals surface area contributed by atoms with Crippen LogP contribution in [0.1, 0.15) is 48.0 Å². The molecule has 1 rings (SSSR count). The van der Waals surface area contributed by atoms with Crippen molar-refractivity contribution in [2.24, 2.45) is 0 Å². The normalized spacial score (nSPS) is 22.1. The first-order valence-electron chi connectivity index (χ1n) is 6.71. The fraction of sp³-hybridized carbons (Fsp3) is 0.929. The molecule has 106 valence electrons. The SMILES string of the molecule is CN(C(=O)OC(C)(C)C)C1CCN(C(C)(C)C)C1. The first-order valence-corrected chi connectivity index (χ1v) is 6.71. The van der Waals surface area contributed by atoms with Gasteiger partial charge >= 0.3 is 6.09 Å². The highest BCUT2D eigenvalue weighted by molar-refractivity contribution is 5.68. The Kier molecular flexibility index (Phi) is 4.31. The molecule has 1 fully saturated rings. The largest absolute Gasteiger partial charge is 0.444 e. The average Bonchev–Trinajstić information content (AvgIpc) is 2.61. The van der Waals surface area contributed by atoms with Gasteiger partial charge < -0.3 is 9.64 Å². The second-order valence-electron chi connectivity index (χ2n) is 7.15. The van der Waals surface area contributed by atoms with Crippen molar-refractivity contribution in [3.8, 4) is 0 Å². The molecule has 1 atom stereocenters. The summed E-state index contributed by atoms with van der Waals surface area (Å²) in [5, 5.41) is 0. The molecule has 0 aromatic carbocycles. The van der Waals surface area contributed by atoms with Gasteiger partial charge in [0.05, 0.1) is 0 Å². The predicted molar refractivity (Wildman–Crippen MR) is 73.7 cm³/mol. The van der Waals surface area contributed by atoms with Gasteiger partial charge in [-0.15, -0.1) is 0 Å². The highest BCUT2D eigenvalue weighted by atomic mass is 16.6. The molecule has 0 aromatic heterocycles. The van der Waals surface area contributed by atoms with Crippen LogP contribution in [-0.2, 0) is 4.74 Å². The van der Waals surface area contributed by atoms with Gasteiger partial charge in [-0.2, -0.15) is 0 Å². The summed E-state index contributed by atoms with van der Waals surface area (Å²) in [5.41, 5.74) is -0.253. The number of ether oxygens (including phenoxy) is 1. The molecule has 1 aliphatic rings. The standard InChI is InChI=1S/C14H28N2O2/c1-13(2,3)16-9-8-11(10-16)15(7)12(17)18-14(4,5)6/h11H,8-10H2,1-7H3. The zero-order valence-corrected chi connectivity index (χ0v) is 12.9. The monoisotopic (exact) mass is 256 g/mol. The summed E-state index contributed by atoms with van der Waals surface area (Å²) in [6.07, 6.45) is 0.802. The third-order valence-corrected chi connectivity index (χ3v) is 3.34. The molecule has 4 heteroatoms. The Morgan fingerprint density at radius 1 is 1.22 bits per heavy atom. The van der Waals surface area contributed by atoms with E-state index in [1.807, 2.05) is 27.8 Å². The molecule has 0 aromatic rings. The number of hydrogen-bond donors (Lipinski definition) is 0. The van der Waals surface area contributed by atoms with Crippen molar-refractivity contribution in [1.29, 1.82) is 0 Å². The highest BCUT2D eigenvalue weighted by Gasteiger charge is 2.34. The lowest BCUT2D eigenvalue weighted by Gasteiger charge is -2.33. The van der Waals surface area contributed by atoms with Crippen molar-refractivity contribution in [2.75, 3.05) is 20.1 Å². The summed E-state index contributed by atoms with van der Waals surface area (Å²) in [4.78, 5) is 16.1.